The maximum atomic E-state index is 11.7. The molecule has 1 heterocycles. The Morgan fingerprint density at radius 2 is 2.15 bits per heavy atom. The van der Waals surface area contributed by atoms with Crippen LogP contribution in [0.2, 0.25) is 0 Å². The fraction of sp³-hybridized carbons (Fsp3) is 0.364. The molecule has 2 rings (SSSR count). The van der Waals surface area contributed by atoms with Crippen LogP contribution >= 0.6 is 0 Å². The van der Waals surface area contributed by atoms with Gasteiger partial charge in [-0.2, -0.15) is 0 Å². The number of carbonyl (C=O) groups is 1. The number of anilines is 1. The Labute approximate surface area is 115 Å². The summed E-state index contributed by atoms with van der Waals surface area (Å²) in [6.45, 7) is 0. The number of nitrogens with zero attached hydrogens (tertiary/aromatic N) is 1. The predicted octanol–water partition coefficient (Wildman–Crippen LogP) is 0.903. The number of rotatable bonds is 3. The second-order valence-electron chi connectivity index (χ2n) is 4.51. The smallest absolute Gasteiger partial charge is 0.319 e. The molecule has 9 heteroatoms. The Morgan fingerprint density at radius 3 is 2.75 bits per heavy atom. The van der Waals surface area contributed by atoms with Gasteiger partial charge in [0.1, 0.15) is 0 Å². The number of nitrogens with one attached hydrogen (secondary N) is 2. The first-order valence-electron chi connectivity index (χ1n) is 5.88. The zero-order chi connectivity index (χ0) is 14.8. The van der Waals surface area contributed by atoms with Crippen LogP contribution in [0.25, 0.3) is 0 Å². The lowest BCUT2D eigenvalue weighted by atomic mass is 10.2. The molecule has 0 unspecified atom stereocenters. The van der Waals surface area contributed by atoms with Crippen molar-refractivity contribution in [2.45, 2.75) is 12.5 Å². The average Bonchev–Trinajstić information content (AvgIpc) is 2.68. The van der Waals surface area contributed by atoms with Crippen molar-refractivity contribution in [2.75, 3.05) is 16.8 Å². The lowest BCUT2D eigenvalue weighted by Gasteiger charge is -2.11. The van der Waals surface area contributed by atoms with Crippen molar-refractivity contribution in [3.8, 4) is 0 Å². The van der Waals surface area contributed by atoms with Crippen LogP contribution in [-0.2, 0) is 9.84 Å². The minimum Gasteiger partial charge on any atom is -0.334 e. The van der Waals surface area contributed by atoms with Gasteiger partial charge < -0.3 is 10.6 Å². The van der Waals surface area contributed by atoms with E-state index in [2.05, 4.69) is 10.6 Å². The van der Waals surface area contributed by atoms with Gasteiger partial charge in [-0.1, -0.05) is 6.07 Å². The molecular formula is C11H13N3O5S. The molecule has 0 radical (unpaired) electrons. The second kappa shape index (κ2) is 5.45. The number of amides is 2. The van der Waals surface area contributed by atoms with E-state index in [1.54, 1.807) is 0 Å². The molecule has 1 atom stereocenters. The fourth-order valence-corrected chi connectivity index (χ4v) is 3.63. The van der Waals surface area contributed by atoms with E-state index in [1.807, 2.05) is 0 Å². The first-order chi connectivity index (χ1) is 9.35. The van der Waals surface area contributed by atoms with Gasteiger partial charge in [0.05, 0.1) is 16.4 Å². The Hall–Kier alpha value is -2.16. The van der Waals surface area contributed by atoms with Crippen LogP contribution in [0.15, 0.2) is 24.3 Å². The molecule has 2 amide bonds. The van der Waals surface area contributed by atoms with Gasteiger partial charge in [0, 0.05) is 23.9 Å². The third-order valence-electron chi connectivity index (χ3n) is 2.88. The summed E-state index contributed by atoms with van der Waals surface area (Å²) in [7, 11) is -3.06. The predicted molar refractivity (Wildman–Crippen MR) is 72.3 cm³/mol. The van der Waals surface area contributed by atoms with Gasteiger partial charge in [-0.15, -0.1) is 0 Å². The standard InChI is InChI=1S/C11H13N3O5S/c15-11(13-9-4-5-20(18,19)7-9)12-8-2-1-3-10(6-8)14(16)17/h1-3,6,9H,4-5,7H2,(H2,12,13,15)/t9-/m1/s1. The van der Waals surface area contributed by atoms with Crippen molar-refractivity contribution < 1.29 is 18.1 Å². The maximum Gasteiger partial charge on any atom is 0.319 e. The molecule has 0 bridgehead atoms. The summed E-state index contributed by atoms with van der Waals surface area (Å²) in [6, 6.07) is 4.51. The van der Waals surface area contributed by atoms with Crippen LogP contribution in [0.3, 0.4) is 0 Å². The van der Waals surface area contributed by atoms with E-state index in [0.717, 1.165) is 0 Å². The maximum absolute atomic E-state index is 11.7. The largest absolute Gasteiger partial charge is 0.334 e. The lowest BCUT2D eigenvalue weighted by Crippen LogP contribution is -2.38. The minimum absolute atomic E-state index is 0.0642. The Bertz CT molecular complexity index is 643. The number of nitro groups is 1. The van der Waals surface area contributed by atoms with Crippen LogP contribution in [0.4, 0.5) is 16.2 Å². The molecule has 0 aliphatic carbocycles. The topological polar surface area (TPSA) is 118 Å². The summed E-state index contributed by atoms with van der Waals surface area (Å²) < 4.78 is 22.5. The molecule has 20 heavy (non-hydrogen) atoms. The zero-order valence-electron chi connectivity index (χ0n) is 10.4. The quantitative estimate of drug-likeness (QED) is 0.635. The Morgan fingerprint density at radius 1 is 1.40 bits per heavy atom. The van der Waals surface area contributed by atoms with Crippen LogP contribution < -0.4 is 10.6 Å². The minimum atomic E-state index is -3.06. The second-order valence-corrected chi connectivity index (χ2v) is 6.73. The van der Waals surface area contributed by atoms with Gasteiger partial charge >= 0.3 is 6.03 Å². The number of urea groups is 1. The number of sulfone groups is 1. The number of non-ortho nitro benzene ring substituents is 1. The summed E-state index contributed by atoms with van der Waals surface area (Å²) in [5.41, 5.74) is 0.142. The lowest BCUT2D eigenvalue weighted by molar-refractivity contribution is -0.384. The number of hydrogen-bond donors (Lipinski definition) is 2. The number of benzene rings is 1. The van der Waals surface area contributed by atoms with Crippen molar-refractivity contribution in [1.82, 2.24) is 5.32 Å². The molecule has 0 spiro atoms. The van der Waals surface area contributed by atoms with Gasteiger partial charge in [-0.3, -0.25) is 10.1 Å². The van der Waals surface area contributed by atoms with Gasteiger partial charge in [0.2, 0.25) is 0 Å². The molecule has 1 saturated heterocycles. The number of carbonyl (C=O) groups excluding carboxylic acids is 1. The first-order valence-corrected chi connectivity index (χ1v) is 7.70. The summed E-state index contributed by atoms with van der Waals surface area (Å²) in [4.78, 5) is 21.7. The van der Waals surface area contributed by atoms with Crippen molar-refractivity contribution in [2.24, 2.45) is 0 Å². The third kappa shape index (κ3) is 3.67. The van der Waals surface area contributed by atoms with E-state index >= 15 is 0 Å². The zero-order valence-corrected chi connectivity index (χ0v) is 11.2. The molecule has 1 aromatic carbocycles. The highest BCUT2D eigenvalue weighted by atomic mass is 32.2. The molecule has 2 N–H and O–H groups in total. The fourth-order valence-electron chi connectivity index (χ4n) is 1.96. The average molecular weight is 299 g/mol. The molecule has 0 saturated carbocycles. The highest BCUT2D eigenvalue weighted by Gasteiger charge is 2.28. The summed E-state index contributed by atoms with van der Waals surface area (Å²) in [6.07, 6.45) is 0.380. The van der Waals surface area contributed by atoms with Crippen molar-refractivity contribution in [1.29, 1.82) is 0 Å². The molecule has 0 aromatic heterocycles. The summed E-state index contributed by atoms with van der Waals surface area (Å²) >= 11 is 0. The third-order valence-corrected chi connectivity index (χ3v) is 4.65. The van der Waals surface area contributed by atoms with Gasteiger partial charge in [-0.05, 0) is 12.5 Å². The Balaban J connectivity index is 1.95. The van der Waals surface area contributed by atoms with Crippen LogP contribution in [-0.4, -0.2) is 36.9 Å². The van der Waals surface area contributed by atoms with Gasteiger partial charge in [0.15, 0.2) is 9.84 Å². The van der Waals surface area contributed by atoms with Gasteiger partial charge in [-0.25, -0.2) is 13.2 Å². The van der Waals surface area contributed by atoms with Crippen LogP contribution in [0.1, 0.15) is 6.42 Å². The van der Waals surface area contributed by atoms with E-state index in [9.17, 15) is 23.3 Å². The number of hydrogen-bond acceptors (Lipinski definition) is 5. The van der Waals surface area contributed by atoms with Crippen molar-refractivity contribution in [3.05, 3.63) is 34.4 Å². The molecule has 108 valence electrons. The normalized spacial score (nSPS) is 20.3. The SMILES string of the molecule is O=C(Nc1cccc([N+](=O)[O-])c1)N[C@@H]1CCS(=O)(=O)C1. The summed E-state index contributed by atoms with van der Waals surface area (Å²) in [5.74, 6) is -0.00981. The molecule has 1 aliphatic rings. The first kappa shape index (κ1) is 14.3. The Kier molecular flexibility index (Phi) is 3.89. The van der Waals surface area contributed by atoms with E-state index in [-0.39, 0.29) is 22.9 Å². The molecule has 8 nitrogen and oxygen atoms in total. The van der Waals surface area contributed by atoms with E-state index in [4.69, 9.17) is 0 Å². The van der Waals surface area contributed by atoms with E-state index in [1.165, 1.54) is 24.3 Å². The molecule has 1 fully saturated rings. The van der Waals surface area contributed by atoms with E-state index in [0.29, 0.717) is 6.42 Å². The number of nitro benzene ring substituents is 1. The summed E-state index contributed by atoms with van der Waals surface area (Å²) in [5, 5.41) is 15.6. The molecule has 1 aromatic rings. The van der Waals surface area contributed by atoms with Crippen LogP contribution in [0.5, 0.6) is 0 Å². The monoisotopic (exact) mass is 299 g/mol. The van der Waals surface area contributed by atoms with Crippen LogP contribution in [0, 0.1) is 10.1 Å². The van der Waals surface area contributed by atoms with Crippen molar-refractivity contribution >= 4 is 27.2 Å². The van der Waals surface area contributed by atoms with E-state index < -0.39 is 26.8 Å². The highest BCUT2D eigenvalue weighted by Crippen LogP contribution is 2.17. The molecule has 1 aliphatic heterocycles. The van der Waals surface area contributed by atoms with Crippen molar-refractivity contribution in [3.63, 3.8) is 0 Å². The molecular weight excluding hydrogens is 286 g/mol. The van der Waals surface area contributed by atoms with Gasteiger partial charge in [0.25, 0.3) is 5.69 Å². The highest BCUT2D eigenvalue weighted by molar-refractivity contribution is 7.91.